The highest BCUT2D eigenvalue weighted by Crippen LogP contribution is 2.39. The summed E-state index contributed by atoms with van der Waals surface area (Å²) in [5.41, 5.74) is -4.92. The molecular formula is C30H35Cl2F3N4O6S. The van der Waals surface area contributed by atoms with E-state index in [4.69, 9.17) is 27.9 Å². The summed E-state index contributed by atoms with van der Waals surface area (Å²) in [4.78, 5) is 41.8. The highest BCUT2D eigenvalue weighted by atomic mass is 35.5. The van der Waals surface area contributed by atoms with Crippen LogP contribution in [0.2, 0.25) is 10.0 Å². The average Bonchev–Trinajstić information content (AvgIpc) is 2.95. The van der Waals surface area contributed by atoms with Gasteiger partial charge in [0.1, 0.15) is 5.60 Å². The number of carbonyl (C=O) groups is 1. The Morgan fingerprint density at radius 3 is 2.46 bits per heavy atom. The first-order chi connectivity index (χ1) is 21.3. The molecule has 1 fully saturated rings. The molecule has 16 heteroatoms. The number of aromatic amines is 1. The molecule has 0 bridgehead atoms. The minimum Gasteiger partial charge on any atom is -0.444 e. The molecule has 1 aromatic heterocycles. The number of fused-ring (bicyclic) bond motifs is 1. The number of aromatic nitrogens is 2. The van der Waals surface area contributed by atoms with Crippen molar-refractivity contribution < 1.29 is 31.1 Å². The summed E-state index contributed by atoms with van der Waals surface area (Å²) in [6.07, 6.45) is -4.82. The van der Waals surface area contributed by atoms with Gasteiger partial charge in [-0.15, -0.1) is 0 Å². The molecule has 0 spiro atoms. The van der Waals surface area contributed by atoms with Crippen LogP contribution >= 0.6 is 23.2 Å². The lowest BCUT2D eigenvalue weighted by atomic mass is 9.86. The van der Waals surface area contributed by atoms with Crippen molar-refractivity contribution in [1.82, 2.24) is 20.2 Å². The summed E-state index contributed by atoms with van der Waals surface area (Å²) in [6, 6.07) is 3.64. The van der Waals surface area contributed by atoms with Gasteiger partial charge in [0.25, 0.3) is 5.56 Å². The van der Waals surface area contributed by atoms with E-state index in [1.54, 1.807) is 20.8 Å². The number of H-pyrrole nitrogens is 1. The Kier molecular flexibility index (Phi) is 10.6. The van der Waals surface area contributed by atoms with E-state index >= 15 is 0 Å². The highest BCUT2D eigenvalue weighted by molar-refractivity contribution is 7.91. The summed E-state index contributed by atoms with van der Waals surface area (Å²) in [5, 5.41) is 5.00. The fourth-order valence-electron chi connectivity index (χ4n) is 5.53. The molecule has 1 aliphatic heterocycles. The predicted molar refractivity (Wildman–Crippen MR) is 170 cm³/mol. The summed E-state index contributed by atoms with van der Waals surface area (Å²) >= 11 is 12.7. The number of piperidine rings is 1. The van der Waals surface area contributed by atoms with Crippen molar-refractivity contribution in [3.63, 3.8) is 0 Å². The molecule has 0 radical (unpaired) electrons. The Balaban J connectivity index is 1.86. The Hall–Kier alpha value is -3.07. The largest absolute Gasteiger partial charge is 0.444 e. The highest BCUT2D eigenvalue weighted by Gasteiger charge is 2.38. The molecule has 252 valence electrons. The van der Waals surface area contributed by atoms with Gasteiger partial charge >= 0.3 is 18.0 Å². The number of hydrogen-bond acceptors (Lipinski definition) is 7. The molecule has 3 aromatic rings. The lowest BCUT2D eigenvalue weighted by Gasteiger charge is -2.33. The van der Waals surface area contributed by atoms with Crippen molar-refractivity contribution in [2.45, 2.75) is 76.2 Å². The number of alkyl halides is 3. The maximum atomic E-state index is 14.6. The predicted octanol–water partition coefficient (Wildman–Crippen LogP) is 5.29. The van der Waals surface area contributed by atoms with Crippen LogP contribution in [0.4, 0.5) is 18.0 Å². The number of benzene rings is 2. The number of amides is 1. The number of ether oxygens (including phenoxy) is 1. The van der Waals surface area contributed by atoms with Gasteiger partial charge in [-0.3, -0.25) is 9.36 Å². The van der Waals surface area contributed by atoms with Crippen LogP contribution in [0, 0.1) is 5.92 Å². The summed E-state index contributed by atoms with van der Waals surface area (Å²) < 4.78 is 75.2. The van der Waals surface area contributed by atoms with Crippen LogP contribution in [0.1, 0.15) is 57.2 Å². The monoisotopic (exact) mass is 706 g/mol. The van der Waals surface area contributed by atoms with E-state index in [0.717, 1.165) is 13.0 Å². The molecule has 1 unspecified atom stereocenters. The van der Waals surface area contributed by atoms with Crippen LogP contribution in [-0.2, 0) is 33.7 Å². The molecule has 1 saturated heterocycles. The quantitative estimate of drug-likeness (QED) is 0.289. The van der Waals surface area contributed by atoms with E-state index in [2.05, 4.69) is 15.6 Å². The van der Waals surface area contributed by atoms with Crippen LogP contribution in [0.5, 0.6) is 0 Å². The first-order valence-corrected chi connectivity index (χ1v) is 17.0. The minimum atomic E-state index is -4.98. The van der Waals surface area contributed by atoms with Gasteiger partial charge in [-0.1, -0.05) is 30.1 Å². The number of hydrogen-bond donors (Lipinski definition) is 3. The number of nitrogens with zero attached hydrogens (tertiary/aromatic N) is 1. The maximum absolute atomic E-state index is 14.6. The van der Waals surface area contributed by atoms with Crippen LogP contribution in [-0.4, -0.2) is 54.5 Å². The fourth-order valence-corrected chi connectivity index (χ4v) is 7.16. The Labute approximate surface area is 273 Å². The van der Waals surface area contributed by atoms with Gasteiger partial charge in [-0.05, 0) is 94.4 Å². The second-order valence-corrected chi connectivity index (χ2v) is 15.2. The number of carbonyl (C=O) groups excluding carboxylic acids is 1. The zero-order chi connectivity index (χ0) is 34.2. The molecule has 2 heterocycles. The number of halogens is 5. The van der Waals surface area contributed by atoms with Gasteiger partial charge in [0.2, 0.25) is 0 Å². The van der Waals surface area contributed by atoms with E-state index in [0.29, 0.717) is 23.6 Å². The fraction of sp³-hybridized carbons (Fsp3) is 0.500. The molecule has 3 N–H and O–H groups in total. The second-order valence-electron chi connectivity index (χ2n) is 12.2. The second kappa shape index (κ2) is 13.6. The van der Waals surface area contributed by atoms with Crippen molar-refractivity contribution >= 4 is 50.0 Å². The smallest absolute Gasteiger partial charge is 0.416 e. The van der Waals surface area contributed by atoms with Crippen molar-refractivity contribution in [2.75, 3.05) is 18.8 Å². The van der Waals surface area contributed by atoms with E-state index in [-0.39, 0.29) is 39.1 Å². The van der Waals surface area contributed by atoms with Gasteiger partial charge in [0.15, 0.2) is 9.84 Å². The van der Waals surface area contributed by atoms with Gasteiger partial charge in [0, 0.05) is 11.1 Å². The number of alkyl carbamates (subject to hydrolysis) is 1. The van der Waals surface area contributed by atoms with E-state index in [9.17, 15) is 36.0 Å². The summed E-state index contributed by atoms with van der Waals surface area (Å²) in [6.45, 7) is 6.94. The van der Waals surface area contributed by atoms with Gasteiger partial charge in [0.05, 0.1) is 38.7 Å². The van der Waals surface area contributed by atoms with Crippen molar-refractivity contribution in [3.8, 4) is 0 Å². The zero-order valence-electron chi connectivity index (χ0n) is 25.6. The number of rotatable bonds is 8. The molecule has 0 saturated carbocycles. The van der Waals surface area contributed by atoms with Gasteiger partial charge in [-0.2, -0.15) is 13.2 Å². The standard InChI is InChI=1S/C30H35Cl2F3N4O6S/c1-5-46(43,44)23-9-8-18(31)11-17(23)15-39-26(40)20-12-21(30(33,34)35)19(24(32)25(20)38-27(39)41)13-22(16-7-6-10-36-14-16)37-28(42)45-29(2,3)4/h8-9,11-12,16,22,36H,5-7,10,13-15H2,1-4H3,(H,37,42)(H,38,41)/t16?,22-/m0/s1. The lowest BCUT2D eigenvalue weighted by molar-refractivity contribution is -0.138. The minimum absolute atomic E-state index is 0.0113. The molecule has 46 heavy (non-hydrogen) atoms. The Morgan fingerprint density at radius 1 is 1.17 bits per heavy atom. The van der Waals surface area contributed by atoms with E-state index in [1.807, 2.05) is 0 Å². The first-order valence-electron chi connectivity index (χ1n) is 14.6. The molecule has 10 nitrogen and oxygen atoms in total. The molecule has 0 aliphatic carbocycles. The van der Waals surface area contributed by atoms with Crippen LogP contribution in [0.25, 0.3) is 10.9 Å². The normalized spacial score (nSPS) is 16.8. The molecule has 2 atom stereocenters. The summed E-state index contributed by atoms with van der Waals surface area (Å²) in [7, 11) is -3.81. The number of sulfone groups is 1. The third kappa shape index (κ3) is 8.07. The zero-order valence-corrected chi connectivity index (χ0v) is 27.9. The average molecular weight is 708 g/mol. The van der Waals surface area contributed by atoms with E-state index < -0.39 is 73.1 Å². The lowest BCUT2D eigenvalue weighted by Crippen LogP contribution is -2.49. The van der Waals surface area contributed by atoms with E-state index in [1.165, 1.54) is 25.1 Å². The molecule has 2 aromatic carbocycles. The third-order valence-electron chi connectivity index (χ3n) is 7.72. The van der Waals surface area contributed by atoms with Crippen LogP contribution in [0.3, 0.4) is 0 Å². The molecule has 1 amide bonds. The van der Waals surface area contributed by atoms with Gasteiger partial charge in [-0.25, -0.2) is 18.0 Å². The van der Waals surface area contributed by atoms with Crippen molar-refractivity contribution in [1.29, 1.82) is 0 Å². The van der Waals surface area contributed by atoms with Crippen LogP contribution < -0.4 is 21.9 Å². The Bertz CT molecular complexity index is 1860. The van der Waals surface area contributed by atoms with Gasteiger partial charge < -0.3 is 20.4 Å². The number of nitrogens with one attached hydrogen (secondary N) is 3. The van der Waals surface area contributed by atoms with Crippen molar-refractivity contribution in [2.24, 2.45) is 5.92 Å². The third-order valence-corrected chi connectivity index (χ3v) is 10.2. The molecule has 4 rings (SSSR count). The van der Waals surface area contributed by atoms with Crippen molar-refractivity contribution in [3.05, 3.63) is 71.8 Å². The molecule has 1 aliphatic rings. The Morgan fingerprint density at radius 2 is 1.87 bits per heavy atom. The molecular weight excluding hydrogens is 672 g/mol. The maximum Gasteiger partial charge on any atom is 0.416 e. The summed E-state index contributed by atoms with van der Waals surface area (Å²) in [5.74, 6) is -0.550. The topological polar surface area (TPSA) is 139 Å². The van der Waals surface area contributed by atoms with Crippen LogP contribution in [0.15, 0.2) is 38.8 Å². The first kappa shape index (κ1) is 35.8. The SMILES string of the molecule is CCS(=O)(=O)c1ccc(Cl)cc1Cn1c(=O)[nH]c2c(Cl)c(C[C@H](NC(=O)OC(C)(C)C)C3CCCNC3)c(C(F)(F)F)cc2c1=O.